The quantitative estimate of drug-likeness (QED) is 0.671. The molecule has 0 bridgehead atoms. The lowest BCUT2D eigenvalue weighted by molar-refractivity contribution is -0.121. The topological polar surface area (TPSA) is 70.7 Å². The maximum absolute atomic E-state index is 13.3. The van der Waals surface area contributed by atoms with Gasteiger partial charge in [-0.2, -0.15) is 0 Å². The summed E-state index contributed by atoms with van der Waals surface area (Å²) < 4.78 is 18.7. The van der Waals surface area contributed by atoms with Crippen LogP contribution in [0.15, 0.2) is 48.5 Å². The van der Waals surface area contributed by atoms with Crippen LogP contribution < -0.4 is 10.6 Å². The van der Waals surface area contributed by atoms with Gasteiger partial charge in [0.1, 0.15) is 5.82 Å². The second-order valence-electron chi connectivity index (χ2n) is 7.03. The van der Waals surface area contributed by atoms with Crippen LogP contribution in [0.25, 0.3) is 0 Å². The van der Waals surface area contributed by atoms with E-state index in [2.05, 4.69) is 15.5 Å². The number of amides is 2. The Bertz CT molecular complexity index is 840. The second kappa shape index (κ2) is 11.1. The Kier molecular flexibility index (Phi) is 8.19. The standard InChI is InChI=1S/C22H25ClFN3O3/c23-18-5-1-17(2-6-18)22(29)25-10-9-21(28)26-15-20(27-11-13-30-14-12-27)16-3-7-19(24)8-4-16/h1-8,20H,9-15H2,(H,25,29)(H,26,28). The van der Waals surface area contributed by atoms with Gasteiger partial charge in [0.05, 0.1) is 19.3 Å². The molecule has 1 fully saturated rings. The molecule has 0 aromatic heterocycles. The van der Waals surface area contributed by atoms with Crippen molar-refractivity contribution in [3.8, 4) is 0 Å². The summed E-state index contributed by atoms with van der Waals surface area (Å²) in [4.78, 5) is 26.6. The van der Waals surface area contributed by atoms with Crippen LogP contribution in [-0.2, 0) is 9.53 Å². The molecule has 3 rings (SSSR count). The van der Waals surface area contributed by atoms with Crippen molar-refractivity contribution in [1.29, 1.82) is 0 Å². The summed E-state index contributed by atoms with van der Waals surface area (Å²) >= 11 is 5.82. The van der Waals surface area contributed by atoms with Crippen LogP contribution >= 0.6 is 11.6 Å². The summed E-state index contributed by atoms with van der Waals surface area (Å²) in [7, 11) is 0. The zero-order valence-corrected chi connectivity index (χ0v) is 17.3. The van der Waals surface area contributed by atoms with Gasteiger partial charge in [-0.05, 0) is 42.0 Å². The highest BCUT2D eigenvalue weighted by atomic mass is 35.5. The van der Waals surface area contributed by atoms with E-state index in [9.17, 15) is 14.0 Å². The van der Waals surface area contributed by atoms with E-state index in [1.165, 1.54) is 12.1 Å². The minimum atomic E-state index is -0.292. The highest BCUT2D eigenvalue weighted by Crippen LogP contribution is 2.21. The highest BCUT2D eigenvalue weighted by molar-refractivity contribution is 6.30. The fraction of sp³-hybridized carbons (Fsp3) is 0.364. The molecule has 160 valence electrons. The van der Waals surface area contributed by atoms with Gasteiger partial charge in [-0.3, -0.25) is 14.5 Å². The van der Waals surface area contributed by atoms with Gasteiger partial charge in [-0.25, -0.2) is 4.39 Å². The number of ether oxygens (including phenoxy) is 1. The van der Waals surface area contributed by atoms with Crippen molar-refractivity contribution in [1.82, 2.24) is 15.5 Å². The molecule has 30 heavy (non-hydrogen) atoms. The lowest BCUT2D eigenvalue weighted by Gasteiger charge is -2.35. The average Bonchev–Trinajstić information content (AvgIpc) is 2.76. The van der Waals surface area contributed by atoms with E-state index in [0.717, 1.165) is 18.7 Å². The molecule has 1 unspecified atom stereocenters. The first-order valence-corrected chi connectivity index (χ1v) is 10.3. The molecule has 1 heterocycles. The number of morpholine rings is 1. The van der Waals surface area contributed by atoms with Crippen LogP contribution in [0.1, 0.15) is 28.4 Å². The summed E-state index contributed by atoms with van der Waals surface area (Å²) in [6, 6.07) is 12.8. The first-order chi connectivity index (χ1) is 14.5. The van der Waals surface area contributed by atoms with Crippen molar-refractivity contribution < 1.29 is 18.7 Å². The van der Waals surface area contributed by atoms with Crippen molar-refractivity contribution in [3.05, 3.63) is 70.5 Å². The van der Waals surface area contributed by atoms with Crippen LogP contribution in [-0.4, -0.2) is 56.1 Å². The zero-order chi connectivity index (χ0) is 21.3. The Labute approximate surface area is 180 Å². The Hall–Kier alpha value is -2.48. The van der Waals surface area contributed by atoms with Gasteiger partial charge >= 0.3 is 0 Å². The third-order valence-corrected chi connectivity index (χ3v) is 5.23. The van der Waals surface area contributed by atoms with Crippen molar-refractivity contribution >= 4 is 23.4 Å². The SMILES string of the molecule is O=C(CCNC(=O)c1ccc(Cl)cc1)NCC(c1ccc(F)cc1)N1CCOCC1. The Morgan fingerprint density at radius 3 is 2.37 bits per heavy atom. The molecule has 2 N–H and O–H groups in total. The molecular formula is C22H25ClFN3O3. The van der Waals surface area contributed by atoms with E-state index in [-0.39, 0.29) is 36.6 Å². The van der Waals surface area contributed by atoms with Gasteiger partial charge in [0, 0.05) is 43.2 Å². The van der Waals surface area contributed by atoms with E-state index in [0.29, 0.717) is 30.3 Å². The van der Waals surface area contributed by atoms with E-state index in [4.69, 9.17) is 16.3 Å². The largest absolute Gasteiger partial charge is 0.379 e. The number of halogens is 2. The maximum atomic E-state index is 13.3. The molecular weight excluding hydrogens is 409 g/mol. The number of hydrogen-bond acceptors (Lipinski definition) is 4. The first-order valence-electron chi connectivity index (χ1n) is 9.90. The molecule has 0 radical (unpaired) electrons. The molecule has 1 aliphatic rings. The van der Waals surface area contributed by atoms with Gasteiger partial charge in [-0.1, -0.05) is 23.7 Å². The van der Waals surface area contributed by atoms with Gasteiger partial charge in [0.2, 0.25) is 5.91 Å². The Morgan fingerprint density at radius 1 is 1.03 bits per heavy atom. The van der Waals surface area contributed by atoms with E-state index < -0.39 is 0 Å². The Morgan fingerprint density at radius 2 is 1.70 bits per heavy atom. The van der Waals surface area contributed by atoms with Crippen molar-refractivity contribution in [2.45, 2.75) is 12.5 Å². The maximum Gasteiger partial charge on any atom is 0.251 e. The van der Waals surface area contributed by atoms with Gasteiger partial charge in [0.25, 0.3) is 5.91 Å². The smallest absolute Gasteiger partial charge is 0.251 e. The number of rotatable bonds is 8. The molecule has 0 spiro atoms. The molecule has 1 atom stereocenters. The number of hydrogen-bond donors (Lipinski definition) is 2. The molecule has 6 nitrogen and oxygen atoms in total. The summed E-state index contributed by atoms with van der Waals surface area (Å²) in [5.74, 6) is -0.705. The molecule has 2 amide bonds. The summed E-state index contributed by atoms with van der Waals surface area (Å²) in [6.45, 7) is 3.37. The minimum Gasteiger partial charge on any atom is -0.379 e. The summed E-state index contributed by atoms with van der Waals surface area (Å²) in [6.07, 6.45) is 0.165. The molecule has 2 aromatic rings. The third-order valence-electron chi connectivity index (χ3n) is 4.98. The lowest BCUT2D eigenvalue weighted by Crippen LogP contribution is -2.44. The number of carbonyl (C=O) groups excluding carboxylic acids is 2. The van der Waals surface area contributed by atoms with Gasteiger partial charge in [0.15, 0.2) is 0 Å². The third kappa shape index (κ3) is 6.52. The van der Waals surface area contributed by atoms with Crippen molar-refractivity contribution in [2.75, 3.05) is 39.4 Å². The Balaban J connectivity index is 1.49. The van der Waals surface area contributed by atoms with E-state index in [1.807, 2.05) is 0 Å². The van der Waals surface area contributed by atoms with E-state index in [1.54, 1.807) is 36.4 Å². The number of nitrogens with zero attached hydrogens (tertiary/aromatic N) is 1. The van der Waals surface area contributed by atoms with Crippen LogP contribution in [0.5, 0.6) is 0 Å². The lowest BCUT2D eigenvalue weighted by atomic mass is 10.0. The molecule has 1 aliphatic heterocycles. The minimum absolute atomic E-state index is 0.0675. The van der Waals surface area contributed by atoms with Crippen molar-refractivity contribution in [3.63, 3.8) is 0 Å². The fourth-order valence-corrected chi connectivity index (χ4v) is 3.45. The summed E-state index contributed by atoms with van der Waals surface area (Å²) in [5.41, 5.74) is 1.43. The number of carbonyl (C=O) groups is 2. The molecule has 1 saturated heterocycles. The van der Waals surface area contributed by atoms with Crippen LogP contribution in [0.4, 0.5) is 4.39 Å². The molecule has 8 heteroatoms. The van der Waals surface area contributed by atoms with Crippen LogP contribution in [0.2, 0.25) is 5.02 Å². The number of benzene rings is 2. The second-order valence-corrected chi connectivity index (χ2v) is 7.47. The van der Waals surface area contributed by atoms with Crippen LogP contribution in [0, 0.1) is 5.82 Å². The first kappa shape index (κ1) is 22.2. The van der Waals surface area contributed by atoms with Crippen molar-refractivity contribution in [2.24, 2.45) is 0 Å². The molecule has 0 aliphatic carbocycles. The normalized spacial score (nSPS) is 15.4. The highest BCUT2D eigenvalue weighted by Gasteiger charge is 2.23. The molecule has 0 saturated carbocycles. The zero-order valence-electron chi connectivity index (χ0n) is 16.6. The predicted octanol–water partition coefficient (Wildman–Crippen LogP) is 2.79. The monoisotopic (exact) mass is 433 g/mol. The average molecular weight is 434 g/mol. The predicted molar refractivity (Wildman–Crippen MR) is 113 cm³/mol. The van der Waals surface area contributed by atoms with Crippen LogP contribution in [0.3, 0.4) is 0 Å². The number of nitrogens with one attached hydrogen (secondary N) is 2. The van der Waals surface area contributed by atoms with Gasteiger partial charge in [-0.15, -0.1) is 0 Å². The fourth-order valence-electron chi connectivity index (χ4n) is 3.32. The summed E-state index contributed by atoms with van der Waals surface area (Å²) in [5, 5.41) is 6.21. The van der Waals surface area contributed by atoms with E-state index >= 15 is 0 Å². The molecule has 2 aromatic carbocycles. The van der Waals surface area contributed by atoms with Gasteiger partial charge < -0.3 is 15.4 Å².